The van der Waals surface area contributed by atoms with Crippen molar-refractivity contribution in [3.63, 3.8) is 0 Å². The molecular weight excluding hydrogens is 308 g/mol. The fraction of sp³-hybridized carbons (Fsp3) is 0.714. The molecule has 0 atom stereocenters. The van der Waals surface area contributed by atoms with Crippen LogP contribution in [0.4, 0.5) is 0 Å². The van der Waals surface area contributed by atoms with Crippen LogP contribution in [-0.4, -0.2) is 18.6 Å². The quantitative estimate of drug-likeness (QED) is 0.884. The SMILES string of the molecule is CC(C)(CNC1CCC(N)CC1)c1cc(Br)cs1. The van der Waals surface area contributed by atoms with Gasteiger partial charge in [0.15, 0.2) is 0 Å². The number of hydrogen-bond donors (Lipinski definition) is 2. The number of halogens is 1. The minimum Gasteiger partial charge on any atom is -0.328 e. The van der Waals surface area contributed by atoms with Crippen LogP contribution in [0.5, 0.6) is 0 Å². The Morgan fingerprint density at radius 1 is 1.39 bits per heavy atom. The average molecular weight is 331 g/mol. The summed E-state index contributed by atoms with van der Waals surface area (Å²) in [5, 5.41) is 5.89. The van der Waals surface area contributed by atoms with Crippen LogP contribution in [0.1, 0.15) is 44.4 Å². The molecule has 1 aliphatic carbocycles. The van der Waals surface area contributed by atoms with Crippen molar-refractivity contribution in [2.45, 2.75) is 57.0 Å². The molecule has 0 unspecified atom stereocenters. The molecule has 2 rings (SSSR count). The molecule has 1 aliphatic rings. The van der Waals surface area contributed by atoms with E-state index >= 15 is 0 Å². The molecule has 0 radical (unpaired) electrons. The van der Waals surface area contributed by atoms with Gasteiger partial charge in [-0.25, -0.2) is 0 Å². The lowest BCUT2D eigenvalue weighted by molar-refractivity contribution is 0.321. The van der Waals surface area contributed by atoms with Gasteiger partial charge in [-0.1, -0.05) is 13.8 Å². The Hall–Kier alpha value is 0.1000. The van der Waals surface area contributed by atoms with Gasteiger partial charge in [0.25, 0.3) is 0 Å². The molecule has 1 aromatic heterocycles. The minimum absolute atomic E-state index is 0.205. The number of rotatable bonds is 4. The third kappa shape index (κ3) is 3.80. The molecule has 0 bridgehead atoms. The second-order valence-corrected chi connectivity index (χ2v) is 7.83. The summed E-state index contributed by atoms with van der Waals surface area (Å²) in [6.45, 7) is 5.67. The highest BCUT2D eigenvalue weighted by Gasteiger charge is 2.25. The Labute approximate surface area is 122 Å². The summed E-state index contributed by atoms with van der Waals surface area (Å²) in [6, 6.07) is 3.33. The van der Waals surface area contributed by atoms with Crippen LogP contribution in [0.25, 0.3) is 0 Å². The Morgan fingerprint density at radius 3 is 2.61 bits per heavy atom. The fourth-order valence-corrected chi connectivity index (χ4v) is 4.03. The van der Waals surface area contributed by atoms with Crippen LogP contribution in [0.15, 0.2) is 15.9 Å². The first-order chi connectivity index (χ1) is 8.47. The van der Waals surface area contributed by atoms with Gasteiger partial charge in [-0.3, -0.25) is 0 Å². The number of nitrogens with two attached hydrogens (primary N) is 1. The molecule has 1 saturated carbocycles. The lowest BCUT2D eigenvalue weighted by atomic mass is 9.88. The van der Waals surface area contributed by atoms with Crippen molar-refractivity contribution in [3.05, 3.63) is 20.8 Å². The van der Waals surface area contributed by atoms with E-state index in [0.29, 0.717) is 12.1 Å². The normalized spacial score (nSPS) is 25.3. The highest BCUT2D eigenvalue weighted by atomic mass is 79.9. The lowest BCUT2D eigenvalue weighted by Gasteiger charge is -2.31. The van der Waals surface area contributed by atoms with Crippen LogP contribution >= 0.6 is 27.3 Å². The minimum atomic E-state index is 0.205. The van der Waals surface area contributed by atoms with Crippen LogP contribution < -0.4 is 11.1 Å². The van der Waals surface area contributed by atoms with Gasteiger partial charge in [0.1, 0.15) is 0 Å². The largest absolute Gasteiger partial charge is 0.328 e. The van der Waals surface area contributed by atoms with E-state index in [1.807, 2.05) is 11.3 Å². The van der Waals surface area contributed by atoms with Gasteiger partial charge in [-0.2, -0.15) is 0 Å². The van der Waals surface area contributed by atoms with Gasteiger partial charge in [-0.15, -0.1) is 11.3 Å². The van der Waals surface area contributed by atoms with Crippen molar-refractivity contribution in [2.75, 3.05) is 6.54 Å². The van der Waals surface area contributed by atoms with Gasteiger partial charge in [-0.05, 0) is 47.7 Å². The highest BCUT2D eigenvalue weighted by molar-refractivity contribution is 9.10. The zero-order valence-electron chi connectivity index (χ0n) is 11.2. The molecule has 1 fully saturated rings. The Morgan fingerprint density at radius 2 is 2.06 bits per heavy atom. The predicted octanol–water partition coefficient (Wildman–Crippen LogP) is 3.65. The zero-order valence-corrected chi connectivity index (χ0v) is 13.6. The van der Waals surface area contributed by atoms with Crippen molar-refractivity contribution in [2.24, 2.45) is 5.73 Å². The van der Waals surface area contributed by atoms with Gasteiger partial charge in [0.05, 0.1) is 0 Å². The first-order valence-corrected chi connectivity index (χ1v) is 8.38. The van der Waals surface area contributed by atoms with E-state index in [0.717, 1.165) is 6.54 Å². The molecule has 3 N–H and O–H groups in total. The molecule has 0 amide bonds. The molecule has 1 aromatic rings. The first kappa shape index (κ1) is 14.5. The standard InChI is InChI=1S/C14H23BrN2S/c1-14(2,13-7-10(15)8-18-13)9-17-12-5-3-11(16)4-6-12/h7-8,11-12,17H,3-6,9,16H2,1-2H3. The van der Waals surface area contributed by atoms with E-state index in [2.05, 4.69) is 46.5 Å². The van der Waals surface area contributed by atoms with E-state index in [4.69, 9.17) is 5.73 Å². The molecule has 0 saturated heterocycles. The predicted molar refractivity (Wildman–Crippen MR) is 83.3 cm³/mol. The van der Waals surface area contributed by atoms with E-state index in [1.54, 1.807) is 0 Å². The second-order valence-electron chi connectivity index (χ2n) is 6.01. The van der Waals surface area contributed by atoms with E-state index in [-0.39, 0.29) is 5.41 Å². The maximum atomic E-state index is 5.94. The van der Waals surface area contributed by atoms with E-state index in [9.17, 15) is 0 Å². The maximum absolute atomic E-state index is 5.94. The molecule has 2 nitrogen and oxygen atoms in total. The first-order valence-electron chi connectivity index (χ1n) is 6.71. The van der Waals surface area contributed by atoms with Crippen molar-refractivity contribution in [3.8, 4) is 0 Å². The Balaban J connectivity index is 1.85. The van der Waals surface area contributed by atoms with Gasteiger partial charge >= 0.3 is 0 Å². The van der Waals surface area contributed by atoms with Gasteiger partial charge in [0, 0.05) is 38.8 Å². The van der Waals surface area contributed by atoms with Crippen molar-refractivity contribution >= 4 is 27.3 Å². The summed E-state index contributed by atoms with van der Waals surface area (Å²) >= 11 is 5.37. The Kier molecular flexibility index (Phi) is 4.86. The maximum Gasteiger partial charge on any atom is 0.0285 e. The summed E-state index contributed by atoms with van der Waals surface area (Å²) in [4.78, 5) is 1.44. The fourth-order valence-electron chi connectivity index (χ4n) is 2.48. The summed E-state index contributed by atoms with van der Waals surface area (Å²) < 4.78 is 1.19. The lowest BCUT2D eigenvalue weighted by Crippen LogP contribution is -2.42. The molecule has 0 spiro atoms. The number of nitrogens with one attached hydrogen (secondary N) is 1. The van der Waals surface area contributed by atoms with Crippen molar-refractivity contribution in [1.29, 1.82) is 0 Å². The van der Waals surface area contributed by atoms with Crippen LogP contribution in [-0.2, 0) is 5.41 Å². The molecule has 102 valence electrons. The smallest absolute Gasteiger partial charge is 0.0285 e. The van der Waals surface area contributed by atoms with E-state index in [1.165, 1.54) is 35.0 Å². The van der Waals surface area contributed by atoms with Crippen molar-refractivity contribution < 1.29 is 0 Å². The molecule has 4 heteroatoms. The average Bonchev–Trinajstić information content (AvgIpc) is 2.76. The van der Waals surface area contributed by atoms with Gasteiger partial charge < -0.3 is 11.1 Å². The Bertz CT molecular complexity index is 381. The molecule has 0 aromatic carbocycles. The third-order valence-corrected chi connectivity index (χ3v) is 5.90. The molecular formula is C14H23BrN2S. The summed E-state index contributed by atoms with van der Waals surface area (Å²) in [5.41, 5.74) is 6.15. The molecule has 0 aliphatic heterocycles. The highest BCUT2D eigenvalue weighted by Crippen LogP contribution is 2.31. The second kappa shape index (κ2) is 6.04. The number of thiophene rings is 1. The van der Waals surface area contributed by atoms with E-state index < -0.39 is 0 Å². The van der Waals surface area contributed by atoms with Crippen molar-refractivity contribution in [1.82, 2.24) is 5.32 Å². The van der Waals surface area contributed by atoms with Crippen LogP contribution in [0.2, 0.25) is 0 Å². The zero-order chi connectivity index (χ0) is 13.2. The van der Waals surface area contributed by atoms with Gasteiger partial charge in [0.2, 0.25) is 0 Å². The third-order valence-electron chi connectivity index (χ3n) is 3.84. The molecule has 18 heavy (non-hydrogen) atoms. The number of hydrogen-bond acceptors (Lipinski definition) is 3. The molecule has 1 heterocycles. The van der Waals surface area contributed by atoms with Crippen LogP contribution in [0, 0.1) is 0 Å². The topological polar surface area (TPSA) is 38.0 Å². The van der Waals surface area contributed by atoms with Crippen LogP contribution in [0.3, 0.4) is 0 Å². The monoisotopic (exact) mass is 330 g/mol. The summed E-state index contributed by atoms with van der Waals surface area (Å²) in [7, 11) is 0. The summed E-state index contributed by atoms with van der Waals surface area (Å²) in [6.07, 6.45) is 4.79. The summed E-state index contributed by atoms with van der Waals surface area (Å²) in [5.74, 6) is 0.